The maximum absolute atomic E-state index is 12.8. The first-order valence-corrected chi connectivity index (χ1v) is 10.2. The van der Waals surface area contributed by atoms with Crippen LogP contribution in [0.25, 0.3) is 11.0 Å². The number of nitro groups is 1. The van der Waals surface area contributed by atoms with E-state index < -0.39 is 27.4 Å². The number of carbonyl (C=O) groups excluding carboxylic acids is 1. The average molecular weight is 406 g/mol. The van der Waals surface area contributed by atoms with E-state index in [2.05, 4.69) is 9.97 Å². The quantitative estimate of drug-likeness (QED) is 0.566. The van der Waals surface area contributed by atoms with Gasteiger partial charge in [-0.3, -0.25) is 19.3 Å². The number of likely N-dealkylation sites (tertiary alicyclic amines) is 1. The monoisotopic (exact) mass is 406 g/mol. The van der Waals surface area contributed by atoms with Crippen molar-refractivity contribution in [2.45, 2.75) is 50.3 Å². The van der Waals surface area contributed by atoms with Gasteiger partial charge in [-0.05, 0) is 39.7 Å². The Morgan fingerprint density at radius 3 is 2.82 bits per heavy atom. The number of carbonyl (C=O) groups is 1. The highest BCUT2D eigenvalue weighted by Gasteiger charge is 2.33. The molecule has 9 nitrogen and oxygen atoms in total. The third-order valence-electron chi connectivity index (χ3n) is 4.30. The summed E-state index contributed by atoms with van der Waals surface area (Å²) in [5.41, 5.74) is 0.142. The molecule has 1 aromatic carbocycles. The van der Waals surface area contributed by atoms with Crippen LogP contribution in [0.4, 0.5) is 10.5 Å². The Morgan fingerprint density at radius 2 is 2.14 bits per heavy atom. The predicted molar refractivity (Wildman–Crippen MR) is 103 cm³/mol. The molecule has 0 unspecified atom stereocenters. The molecular formula is C18H22N4O5S. The van der Waals surface area contributed by atoms with Crippen LogP contribution in [-0.2, 0) is 15.5 Å². The van der Waals surface area contributed by atoms with Crippen molar-refractivity contribution < 1.29 is 18.7 Å². The molecule has 1 aromatic heterocycles. The third-order valence-corrected chi connectivity index (χ3v) is 5.65. The summed E-state index contributed by atoms with van der Waals surface area (Å²) in [6.45, 7) is 6.00. The number of amides is 1. The van der Waals surface area contributed by atoms with Gasteiger partial charge in [0, 0.05) is 24.7 Å². The highest BCUT2D eigenvalue weighted by atomic mass is 32.2. The Labute approximate surface area is 164 Å². The summed E-state index contributed by atoms with van der Waals surface area (Å²) in [6, 6.07) is 3.97. The topological polar surface area (TPSA) is 116 Å². The summed E-state index contributed by atoms with van der Waals surface area (Å²) in [6.07, 6.45) is 2.55. The van der Waals surface area contributed by atoms with Gasteiger partial charge >= 0.3 is 6.09 Å². The van der Waals surface area contributed by atoms with Crippen molar-refractivity contribution in [2.24, 2.45) is 0 Å². The SMILES string of the molecule is CC(C)(C)OC(=O)N1CCC[C@@H]1C[S@@](=O)c1cnc2cc([N+](=O)[O-])ccc2n1. The van der Waals surface area contributed by atoms with Crippen LogP contribution in [0.15, 0.2) is 29.4 Å². The molecule has 0 spiro atoms. The molecule has 2 atom stereocenters. The van der Waals surface area contributed by atoms with Crippen LogP contribution in [0.3, 0.4) is 0 Å². The Morgan fingerprint density at radius 1 is 1.39 bits per heavy atom. The van der Waals surface area contributed by atoms with Crippen LogP contribution < -0.4 is 0 Å². The molecule has 1 aliphatic heterocycles. The van der Waals surface area contributed by atoms with Crippen molar-refractivity contribution in [3.63, 3.8) is 0 Å². The first-order valence-electron chi connectivity index (χ1n) is 8.93. The van der Waals surface area contributed by atoms with Crippen molar-refractivity contribution in [3.8, 4) is 0 Å². The molecule has 2 aromatic rings. The smallest absolute Gasteiger partial charge is 0.410 e. The number of aromatic nitrogens is 2. The van der Waals surface area contributed by atoms with Crippen molar-refractivity contribution in [1.82, 2.24) is 14.9 Å². The van der Waals surface area contributed by atoms with E-state index in [-0.39, 0.29) is 22.5 Å². The van der Waals surface area contributed by atoms with E-state index in [1.165, 1.54) is 24.4 Å². The summed E-state index contributed by atoms with van der Waals surface area (Å²) in [5, 5.41) is 11.1. The van der Waals surface area contributed by atoms with Gasteiger partial charge in [0.05, 0.1) is 38.7 Å². The van der Waals surface area contributed by atoms with E-state index in [4.69, 9.17) is 4.74 Å². The largest absolute Gasteiger partial charge is 0.444 e. The number of rotatable bonds is 4. The van der Waals surface area contributed by atoms with Gasteiger partial charge in [-0.1, -0.05) is 0 Å². The lowest BCUT2D eigenvalue weighted by atomic mass is 10.2. The molecule has 0 N–H and O–H groups in total. The molecule has 1 saturated heterocycles. The van der Waals surface area contributed by atoms with Gasteiger partial charge < -0.3 is 9.64 Å². The molecule has 10 heteroatoms. The first kappa shape index (κ1) is 20.1. The lowest BCUT2D eigenvalue weighted by molar-refractivity contribution is -0.384. The maximum Gasteiger partial charge on any atom is 0.410 e. The predicted octanol–water partition coefficient (Wildman–Crippen LogP) is 3.05. The van der Waals surface area contributed by atoms with Crippen molar-refractivity contribution >= 4 is 33.6 Å². The summed E-state index contributed by atoms with van der Waals surface area (Å²) in [5.74, 6) is 0.242. The number of nitro benzene ring substituents is 1. The van der Waals surface area contributed by atoms with E-state index in [0.29, 0.717) is 17.6 Å². The zero-order chi connectivity index (χ0) is 20.5. The highest BCUT2D eigenvalue weighted by Crippen LogP contribution is 2.23. The fraction of sp³-hybridized carbons (Fsp3) is 0.500. The minimum absolute atomic E-state index is 0.0744. The van der Waals surface area contributed by atoms with Crippen LogP contribution in [0.5, 0.6) is 0 Å². The Hall–Kier alpha value is -2.62. The zero-order valence-corrected chi connectivity index (χ0v) is 16.8. The summed E-state index contributed by atoms with van der Waals surface area (Å²) >= 11 is 0. The van der Waals surface area contributed by atoms with Crippen LogP contribution in [0.2, 0.25) is 0 Å². The number of hydrogen-bond donors (Lipinski definition) is 0. The van der Waals surface area contributed by atoms with Crippen LogP contribution in [-0.4, -0.2) is 54.0 Å². The first-order chi connectivity index (χ1) is 13.1. The van der Waals surface area contributed by atoms with E-state index in [0.717, 1.165) is 12.8 Å². The molecule has 1 amide bonds. The van der Waals surface area contributed by atoms with Crippen molar-refractivity contribution in [2.75, 3.05) is 12.3 Å². The number of benzene rings is 1. The molecular weight excluding hydrogens is 384 g/mol. The van der Waals surface area contributed by atoms with Gasteiger partial charge in [0.25, 0.3) is 5.69 Å². The third kappa shape index (κ3) is 4.61. The summed E-state index contributed by atoms with van der Waals surface area (Å²) in [7, 11) is -1.46. The lowest BCUT2D eigenvalue weighted by Crippen LogP contribution is -2.42. The average Bonchev–Trinajstić information content (AvgIpc) is 3.07. The van der Waals surface area contributed by atoms with E-state index in [1.807, 2.05) is 20.8 Å². The van der Waals surface area contributed by atoms with E-state index >= 15 is 0 Å². The molecule has 0 radical (unpaired) electrons. The Bertz CT molecular complexity index is 943. The van der Waals surface area contributed by atoms with Crippen molar-refractivity contribution in [3.05, 3.63) is 34.5 Å². The highest BCUT2D eigenvalue weighted by molar-refractivity contribution is 7.85. The van der Waals surface area contributed by atoms with Gasteiger partial charge in [0.2, 0.25) is 0 Å². The van der Waals surface area contributed by atoms with Gasteiger partial charge in [-0.15, -0.1) is 0 Å². The summed E-state index contributed by atoms with van der Waals surface area (Å²) < 4.78 is 18.2. The molecule has 1 fully saturated rings. The van der Waals surface area contributed by atoms with Gasteiger partial charge in [-0.25, -0.2) is 9.78 Å². The second-order valence-electron chi connectivity index (χ2n) is 7.62. The fourth-order valence-corrected chi connectivity index (χ4v) is 4.27. The number of nitrogens with zero attached hydrogens (tertiary/aromatic N) is 4. The molecule has 3 rings (SSSR count). The molecule has 150 valence electrons. The van der Waals surface area contributed by atoms with Gasteiger partial charge in [0.15, 0.2) is 0 Å². The van der Waals surface area contributed by atoms with Crippen LogP contribution in [0, 0.1) is 10.1 Å². The van der Waals surface area contributed by atoms with E-state index in [1.54, 1.807) is 4.90 Å². The minimum atomic E-state index is -1.46. The minimum Gasteiger partial charge on any atom is -0.444 e. The van der Waals surface area contributed by atoms with Crippen molar-refractivity contribution in [1.29, 1.82) is 0 Å². The lowest BCUT2D eigenvalue weighted by Gasteiger charge is -2.28. The maximum atomic E-state index is 12.8. The number of ether oxygens (including phenoxy) is 1. The molecule has 28 heavy (non-hydrogen) atoms. The fourth-order valence-electron chi connectivity index (χ4n) is 3.04. The number of fused-ring (bicyclic) bond motifs is 1. The molecule has 2 heterocycles. The normalized spacial score (nSPS) is 18.2. The number of non-ortho nitro benzene ring substituents is 1. The van der Waals surface area contributed by atoms with Crippen LogP contribution in [0.1, 0.15) is 33.6 Å². The second-order valence-corrected chi connectivity index (χ2v) is 9.06. The molecule has 0 aliphatic carbocycles. The van der Waals surface area contributed by atoms with E-state index in [9.17, 15) is 19.1 Å². The molecule has 0 saturated carbocycles. The Balaban J connectivity index is 1.74. The summed E-state index contributed by atoms with van der Waals surface area (Å²) in [4.78, 5) is 32.8. The standard InChI is InChI=1S/C18H22N4O5S/c1-18(2,3)27-17(23)21-8-4-5-13(21)11-28(26)16-10-19-15-9-12(22(24)25)6-7-14(15)20-16/h6-7,9-10,13H,4-5,8,11H2,1-3H3/t13-,28-/m1/s1. The second kappa shape index (κ2) is 7.78. The van der Waals surface area contributed by atoms with Crippen LogP contribution >= 0.6 is 0 Å². The number of hydrogen-bond acceptors (Lipinski definition) is 7. The zero-order valence-electron chi connectivity index (χ0n) is 16.0. The van der Waals surface area contributed by atoms with Gasteiger partial charge in [-0.2, -0.15) is 0 Å². The van der Waals surface area contributed by atoms with Gasteiger partial charge in [0.1, 0.15) is 10.6 Å². The Kier molecular flexibility index (Phi) is 5.59. The molecule has 0 bridgehead atoms. The molecule has 1 aliphatic rings.